The number of carbonyl (C=O) groups is 1. The average Bonchev–Trinajstić information content (AvgIpc) is 2.68. The van der Waals surface area contributed by atoms with Gasteiger partial charge in [-0.15, -0.1) is 0 Å². The maximum atomic E-state index is 12.1. The van der Waals surface area contributed by atoms with E-state index in [2.05, 4.69) is 0 Å². The number of ether oxygens (including phenoxy) is 1. The van der Waals surface area contributed by atoms with E-state index in [1.807, 2.05) is 0 Å². The second-order valence-corrected chi connectivity index (χ2v) is 3.46. The van der Waals surface area contributed by atoms with Crippen LogP contribution in [0.25, 0.3) is 0 Å². The molecule has 0 aromatic rings. The summed E-state index contributed by atoms with van der Waals surface area (Å²) in [5.74, 6) is -0.669. The van der Waals surface area contributed by atoms with E-state index >= 15 is 0 Å². The number of halogens is 2. The molecule has 0 radical (unpaired) electrons. The van der Waals surface area contributed by atoms with Crippen LogP contribution in [0.4, 0.5) is 8.78 Å². The summed E-state index contributed by atoms with van der Waals surface area (Å²) in [4.78, 5) is 12.7. The molecule has 15 heavy (non-hydrogen) atoms. The number of alkyl halides is 2. The molecule has 1 aliphatic heterocycles. The maximum Gasteiger partial charge on any atom is 0.255 e. The highest BCUT2D eigenvalue weighted by Crippen LogP contribution is 2.16. The quantitative estimate of drug-likeness (QED) is 0.719. The number of carbonyl (C=O) groups excluding carboxylic acids is 1. The molecular weight excluding hydrogens is 208 g/mol. The lowest BCUT2D eigenvalue weighted by atomic mass is 10.1. The lowest BCUT2D eigenvalue weighted by molar-refractivity contribution is -0.138. The molecule has 1 atom stereocenters. The van der Waals surface area contributed by atoms with Gasteiger partial charge in [0.1, 0.15) is 0 Å². The predicted molar refractivity (Wildman–Crippen MR) is 48.6 cm³/mol. The van der Waals surface area contributed by atoms with Gasteiger partial charge in [-0.25, -0.2) is 8.78 Å². The number of aliphatic hydroxyl groups is 1. The van der Waals surface area contributed by atoms with Gasteiger partial charge >= 0.3 is 0 Å². The van der Waals surface area contributed by atoms with Crippen LogP contribution in [0, 0.1) is 5.92 Å². The average molecular weight is 223 g/mol. The fourth-order valence-corrected chi connectivity index (χ4v) is 1.57. The van der Waals surface area contributed by atoms with Gasteiger partial charge in [0.2, 0.25) is 5.91 Å². The summed E-state index contributed by atoms with van der Waals surface area (Å²) >= 11 is 0. The second-order valence-electron chi connectivity index (χ2n) is 3.46. The van der Waals surface area contributed by atoms with Crippen molar-refractivity contribution < 1.29 is 23.4 Å². The first kappa shape index (κ1) is 12.3. The zero-order valence-corrected chi connectivity index (χ0v) is 8.36. The molecule has 1 unspecified atom stereocenters. The number of amides is 1. The van der Waals surface area contributed by atoms with E-state index < -0.39 is 13.0 Å². The van der Waals surface area contributed by atoms with Crippen LogP contribution in [-0.4, -0.2) is 55.2 Å². The van der Waals surface area contributed by atoms with Crippen LogP contribution in [-0.2, 0) is 9.53 Å². The summed E-state index contributed by atoms with van der Waals surface area (Å²) in [5, 5.41) is 8.67. The molecule has 1 amide bonds. The largest absolute Gasteiger partial charge is 0.395 e. The molecule has 1 N–H and O–H groups in total. The molecule has 6 heteroatoms. The van der Waals surface area contributed by atoms with Crippen LogP contribution in [0.1, 0.15) is 6.42 Å². The molecule has 1 fully saturated rings. The Kier molecular flexibility index (Phi) is 4.90. The molecule has 1 aliphatic rings. The van der Waals surface area contributed by atoms with Gasteiger partial charge in [0, 0.05) is 13.2 Å². The van der Waals surface area contributed by atoms with Crippen LogP contribution >= 0.6 is 0 Å². The third-order valence-corrected chi connectivity index (χ3v) is 2.32. The van der Waals surface area contributed by atoms with Crippen molar-refractivity contribution >= 4 is 5.91 Å². The molecule has 0 spiro atoms. The van der Waals surface area contributed by atoms with Gasteiger partial charge in [0.05, 0.1) is 25.7 Å². The monoisotopic (exact) mass is 223 g/mol. The Morgan fingerprint density at radius 2 is 2.33 bits per heavy atom. The molecule has 1 heterocycles. The van der Waals surface area contributed by atoms with Crippen molar-refractivity contribution in [2.24, 2.45) is 5.92 Å². The Morgan fingerprint density at radius 3 is 2.80 bits per heavy atom. The molecule has 0 aromatic carbocycles. The SMILES string of the molecule is O=C(C1CCOC1)N(CCO)CC(F)F. The van der Waals surface area contributed by atoms with E-state index in [0.29, 0.717) is 19.6 Å². The summed E-state index contributed by atoms with van der Waals surface area (Å²) < 4.78 is 29.3. The molecule has 88 valence electrons. The fraction of sp³-hybridized carbons (Fsp3) is 0.889. The van der Waals surface area contributed by atoms with Crippen molar-refractivity contribution in [3.8, 4) is 0 Å². The second kappa shape index (κ2) is 5.97. The van der Waals surface area contributed by atoms with Gasteiger partial charge in [-0.1, -0.05) is 0 Å². The lowest BCUT2D eigenvalue weighted by Crippen LogP contribution is -2.41. The minimum absolute atomic E-state index is 0.0420. The number of nitrogens with zero attached hydrogens (tertiary/aromatic N) is 1. The minimum Gasteiger partial charge on any atom is -0.395 e. The fourth-order valence-electron chi connectivity index (χ4n) is 1.57. The van der Waals surface area contributed by atoms with Crippen molar-refractivity contribution in [3.05, 3.63) is 0 Å². The van der Waals surface area contributed by atoms with Gasteiger partial charge in [-0.3, -0.25) is 4.79 Å². The van der Waals surface area contributed by atoms with E-state index in [1.165, 1.54) is 0 Å². The molecule has 1 rings (SSSR count). The Labute approximate surface area is 86.8 Å². The van der Waals surface area contributed by atoms with Crippen LogP contribution in [0.2, 0.25) is 0 Å². The van der Waals surface area contributed by atoms with E-state index in [0.717, 1.165) is 4.90 Å². The Balaban J connectivity index is 2.49. The zero-order valence-electron chi connectivity index (χ0n) is 8.36. The van der Waals surface area contributed by atoms with Crippen molar-refractivity contribution in [1.82, 2.24) is 4.90 Å². The number of hydrogen-bond donors (Lipinski definition) is 1. The van der Waals surface area contributed by atoms with Gasteiger partial charge in [-0.2, -0.15) is 0 Å². The number of aliphatic hydroxyl groups excluding tert-OH is 1. The molecule has 0 bridgehead atoms. The van der Waals surface area contributed by atoms with Crippen LogP contribution in [0.15, 0.2) is 0 Å². The number of rotatable bonds is 5. The summed E-state index contributed by atoms with van der Waals surface area (Å²) in [6, 6.07) is 0. The van der Waals surface area contributed by atoms with Crippen molar-refractivity contribution in [3.63, 3.8) is 0 Å². The first-order valence-corrected chi connectivity index (χ1v) is 4.90. The molecule has 0 aromatic heterocycles. The van der Waals surface area contributed by atoms with Gasteiger partial charge in [-0.05, 0) is 6.42 Å². The van der Waals surface area contributed by atoms with Crippen molar-refractivity contribution in [1.29, 1.82) is 0 Å². The van der Waals surface area contributed by atoms with E-state index in [4.69, 9.17) is 9.84 Å². The Hall–Kier alpha value is -0.750. The predicted octanol–water partition coefficient (Wildman–Crippen LogP) is 0.109. The van der Waals surface area contributed by atoms with Crippen LogP contribution in [0.3, 0.4) is 0 Å². The number of hydrogen-bond acceptors (Lipinski definition) is 3. The standard InChI is InChI=1S/C9H15F2NO3/c10-8(11)5-12(2-3-13)9(14)7-1-4-15-6-7/h7-8,13H,1-6H2. The smallest absolute Gasteiger partial charge is 0.255 e. The highest BCUT2D eigenvalue weighted by atomic mass is 19.3. The molecule has 0 aliphatic carbocycles. The van der Waals surface area contributed by atoms with Gasteiger partial charge < -0.3 is 14.7 Å². The molecule has 0 saturated carbocycles. The molecule has 4 nitrogen and oxygen atoms in total. The minimum atomic E-state index is -2.57. The summed E-state index contributed by atoms with van der Waals surface area (Å²) in [6.07, 6.45) is -1.99. The van der Waals surface area contributed by atoms with E-state index in [9.17, 15) is 13.6 Å². The van der Waals surface area contributed by atoms with Gasteiger partial charge in [0.15, 0.2) is 0 Å². The highest BCUT2D eigenvalue weighted by molar-refractivity contribution is 5.79. The van der Waals surface area contributed by atoms with E-state index in [-0.39, 0.29) is 25.0 Å². The zero-order chi connectivity index (χ0) is 11.3. The third-order valence-electron chi connectivity index (χ3n) is 2.32. The van der Waals surface area contributed by atoms with Gasteiger partial charge in [0.25, 0.3) is 6.43 Å². The summed E-state index contributed by atoms with van der Waals surface area (Å²) in [7, 11) is 0. The normalized spacial score (nSPS) is 20.9. The first-order valence-electron chi connectivity index (χ1n) is 4.90. The van der Waals surface area contributed by atoms with Crippen molar-refractivity contribution in [2.75, 3.05) is 32.9 Å². The van der Waals surface area contributed by atoms with Crippen LogP contribution < -0.4 is 0 Å². The lowest BCUT2D eigenvalue weighted by Gasteiger charge is -2.23. The van der Waals surface area contributed by atoms with Crippen LogP contribution in [0.5, 0.6) is 0 Å². The maximum absolute atomic E-state index is 12.1. The molecular formula is C9H15F2NO3. The first-order chi connectivity index (χ1) is 7.15. The highest BCUT2D eigenvalue weighted by Gasteiger charge is 2.28. The Bertz CT molecular complexity index is 208. The molecule has 1 saturated heterocycles. The third kappa shape index (κ3) is 3.71. The van der Waals surface area contributed by atoms with Crippen molar-refractivity contribution in [2.45, 2.75) is 12.8 Å². The topological polar surface area (TPSA) is 49.8 Å². The summed E-state index contributed by atoms with van der Waals surface area (Å²) in [5.41, 5.74) is 0. The van der Waals surface area contributed by atoms with E-state index in [1.54, 1.807) is 0 Å². The Morgan fingerprint density at radius 1 is 1.60 bits per heavy atom. The summed E-state index contributed by atoms with van der Waals surface area (Å²) in [6.45, 7) is -0.163.